The van der Waals surface area contributed by atoms with E-state index in [-0.39, 0.29) is 12.2 Å². The first-order chi connectivity index (χ1) is 12.0. The Balaban J connectivity index is 2.14. The first kappa shape index (κ1) is 16.7. The molecule has 25 heavy (non-hydrogen) atoms. The van der Waals surface area contributed by atoms with Crippen LogP contribution in [-0.4, -0.2) is 28.7 Å². The molecule has 0 saturated heterocycles. The second-order valence-corrected chi connectivity index (χ2v) is 6.10. The van der Waals surface area contributed by atoms with Gasteiger partial charge >= 0.3 is 11.9 Å². The lowest BCUT2D eigenvalue weighted by Crippen LogP contribution is -2.16. The van der Waals surface area contributed by atoms with Crippen molar-refractivity contribution in [2.45, 2.75) is 13.5 Å². The average Bonchev–Trinajstić information content (AvgIpc) is 3.18. The van der Waals surface area contributed by atoms with Crippen molar-refractivity contribution in [2.75, 3.05) is 7.11 Å². The van der Waals surface area contributed by atoms with Gasteiger partial charge in [0.2, 0.25) is 0 Å². The molecule has 0 bridgehead atoms. The van der Waals surface area contributed by atoms with Gasteiger partial charge in [0.15, 0.2) is 10.5 Å². The maximum absolute atomic E-state index is 12.3. The van der Waals surface area contributed by atoms with E-state index >= 15 is 0 Å². The highest BCUT2D eigenvalue weighted by molar-refractivity contribution is 7.16. The molecule has 0 aliphatic rings. The zero-order valence-corrected chi connectivity index (χ0v) is 14.3. The standard InChI is InChI=1S/C17H13N3O4S/c1-4-7-20-13-6-5-11(16(22)23-3)9-14(13)25-17(20)18-15(21)12-8-10(2)24-19-12/h1,5-6,8-9H,7H2,2-3H3. The summed E-state index contributed by atoms with van der Waals surface area (Å²) in [6.07, 6.45) is 5.43. The lowest BCUT2D eigenvalue weighted by Gasteiger charge is -2.01. The van der Waals surface area contributed by atoms with Gasteiger partial charge in [-0.15, -0.1) is 6.42 Å². The number of ether oxygens (including phenoxy) is 1. The molecule has 3 rings (SSSR count). The van der Waals surface area contributed by atoms with Crippen molar-refractivity contribution in [1.29, 1.82) is 0 Å². The predicted molar refractivity (Wildman–Crippen MR) is 91.1 cm³/mol. The van der Waals surface area contributed by atoms with E-state index in [1.807, 2.05) is 0 Å². The first-order valence-electron chi connectivity index (χ1n) is 7.21. The molecule has 3 aromatic rings. The van der Waals surface area contributed by atoms with E-state index in [2.05, 4.69) is 16.1 Å². The largest absolute Gasteiger partial charge is 0.465 e. The number of carbonyl (C=O) groups is 2. The van der Waals surface area contributed by atoms with Gasteiger partial charge in [0, 0.05) is 6.07 Å². The van der Waals surface area contributed by atoms with Crippen molar-refractivity contribution in [2.24, 2.45) is 4.99 Å². The average molecular weight is 355 g/mol. The van der Waals surface area contributed by atoms with Crippen molar-refractivity contribution in [3.8, 4) is 12.3 Å². The number of aromatic nitrogens is 2. The minimum Gasteiger partial charge on any atom is -0.465 e. The summed E-state index contributed by atoms with van der Waals surface area (Å²) < 4.78 is 12.1. The Hall–Kier alpha value is -3.18. The van der Waals surface area contributed by atoms with Crippen LogP contribution in [-0.2, 0) is 11.3 Å². The van der Waals surface area contributed by atoms with Crippen LogP contribution in [0.2, 0.25) is 0 Å². The smallest absolute Gasteiger partial charge is 0.337 e. The molecule has 0 spiro atoms. The van der Waals surface area contributed by atoms with Gasteiger partial charge in [0.25, 0.3) is 0 Å². The number of nitrogens with zero attached hydrogens (tertiary/aromatic N) is 3. The van der Waals surface area contributed by atoms with Crippen LogP contribution in [0.1, 0.15) is 26.6 Å². The van der Waals surface area contributed by atoms with E-state index in [0.717, 1.165) is 10.2 Å². The number of carbonyl (C=O) groups excluding carboxylic acids is 2. The molecule has 1 amide bonds. The quantitative estimate of drug-likeness (QED) is 0.531. The number of fused-ring (bicyclic) bond motifs is 1. The molecule has 0 atom stereocenters. The number of hydrogen-bond donors (Lipinski definition) is 0. The summed E-state index contributed by atoms with van der Waals surface area (Å²) in [6.45, 7) is 1.93. The van der Waals surface area contributed by atoms with Gasteiger partial charge in [-0.1, -0.05) is 22.4 Å². The molecule has 7 nitrogen and oxygen atoms in total. The Morgan fingerprint density at radius 2 is 2.24 bits per heavy atom. The molecule has 2 heterocycles. The van der Waals surface area contributed by atoms with Gasteiger partial charge in [0.05, 0.1) is 29.4 Å². The molecule has 1 aromatic carbocycles. The van der Waals surface area contributed by atoms with Gasteiger partial charge in [-0.05, 0) is 25.1 Å². The van der Waals surface area contributed by atoms with E-state index in [4.69, 9.17) is 15.7 Å². The van der Waals surface area contributed by atoms with Crippen LogP contribution in [0, 0.1) is 19.3 Å². The molecular formula is C17H13N3O4S. The van der Waals surface area contributed by atoms with Crippen molar-refractivity contribution < 1.29 is 18.8 Å². The number of benzene rings is 1. The van der Waals surface area contributed by atoms with Gasteiger partial charge in [0.1, 0.15) is 5.76 Å². The number of hydrogen-bond acceptors (Lipinski definition) is 6. The Morgan fingerprint density at radius 1 is 1.44 bits per heavy atom. The summed E-state index contributed by atoms with van der Waals surface area (Å²) in [5, 5.41) is 3.67. The molecule has 8 heteroatoms. The number of terminal acetylenes is 1. The van der Waals surface area contributed by atoms with Crippen LogP contribution in [0.3, 0.4) is 0 Å². The third-order valence-electron chi connectivity index (χ3n) is 3.40. The van der Waals surface area contributed by atoms with Crippen LogP contribution >= 0.6 is 11.3 Å². The summed E-state index contributed by atoms with van der Waals surface area (Å²) in [6, 6.07) is 6.59. The number of amides is 1. The molecule has 0 saturated carbocycles. The molecule has 0 aliphatic heterocycles. The maximum Gasteiger partial charge on any atom is 0.337 e. The van der Waals surface area contributed by atoms with Gasteiger partial charge in [-0.2, -0.15) is 4.99 Å². The molecule has 0 radical (unpaired) electrons. The zero-order valence-electron chi connectivity index (χ0n) is 13.5. The van der Waals surface area contributed by atoms with E-state index in [1.165, 1.54) is 24.5 Å². The summed E-state index contributed by atoms with van der Waals surface area (Å²) in [4.78, 5) is 28.5. The van der Waals surface area contributed by atoms with Gasteiger partial charge < -0.3 is 13.8 Å². The minimum absolute atomic E-state index is 0.123. The third-order valence-corrected chi connectivity index (χ3v) is 4.44. The molecule has 126 valence electrons. The van der Waals surface area contributed by atoms with E-state index in [0.29, 0.717) is 16.1 Å². The monoisotopic (exact) mass is 355 g/mol. The molecule has 0 N–H and O–H groups in total. The number of thiazole rings is 1. The third kappa shape index (κ3) is 3.22. The Kier molecular flexibility index (Phi) is 4.50. The van der Waals surface area contributed by atoms with Crippen molar-refractivity contribution in [3.63, 3.8) is 0 Å². The highest BCUT2D eigenvalue weighted by Crippen LogP contribution is 2.20. The summed E-state index contributed by atoms with van der Waals surface area (Å²) in [5.74, 6) is 2.10. The highest BCUT2D eigenvalue weighted by atomic mass is 32.1. The van der Waals surface area contributed by atoms with E-state index in [1.54, 1.807) is 29.7 Å². The van der Waals surface area contributed by atoms with Gasteiger partial charge in [-0.25, -0.2) is 4.79 Å². The second-order valence-electron chi connectivity index (χ2n) is 5.09. The topological polar surface area (TPSA) is 86.7 Å². The van der Waals surface area contributed by atoms with Crippen LogP contribution in [0.5, 0.6) is 0 Å². The van der Waals surface area contributed by atoms with E-state index in [9.17, 15) is 9.59 Å². The highest BCUT2D eigenvalue weighted by Gasteiger charge is 2.14. The molecule has 0 aliphatic carbocycles. The fourth-order valence-corrected chi connectivity index (χ4v) is 3.33. The fraction of sp³-hybridized carbons (Fsp3) is 0.176. The minimum atomic E-state index is -0.526. The van der Waals surface area contributed by atoms with Crippen LogP contribution < -0.4 is 4.80 Å². The van der Waals surface area contributed by atoms with Crippen LogP contribution in [0.4, 0.5) is 0 Å². The summed E-state index contributed by atoms with van der Waals surface area (Å²) in [5.41, 5.74) is 1.31. The normalized spacial score (nSPS) is 11.5. The van der Waals surface area contributed by atoms with E-state index < -0.39 is 11.9 Å². The number of methoxy groups -OCH3 is 1. The predicted octanol–water partition coefficient (Wildman–Crippen LogP) is 2.16. The van der Waals surface area contributed by atoms with Crippen molar-refractivity contribution in [3.05, 3.63) is 46.1 Å². The first-order valence-corrected chi connectivity index (χ1v) is 8.02. The summed E-state index contributed by atoms with van der Waals surface area (Å²) in [7, 11) is 1.32. The molecule has 0 unspecified atom stereocenters. The number of aryl methyl sites for hydroxylation is 1. The Labute approximate surface area is 146 Å². The fourth-order valence-electron chi connectivity index (χ4n) is 2.26. The lowest BCUT2D eigenvalue weighted by atomic mass is 10.2. The van der Waals surface area contributed by atoms with Crippen LogP contribution in [0.15, 0.2) is 33.8 Å². The Bertz CT molecular complexity index is 1080. The second kappa shape index (κ2) is 6.75. The van der Waals surface area contributed by atoms with Crippen molar-refractivity contribution in [1.82, 2.24) is 9.72 Å². The zero-order chi connectivity index (χ0) is 18.0. The molecule has 0 fully saturated rings. The summed E-state index contributed by atoms with van der Waals surface area (Å²) >= 11 is 1.25. The number of rotatable bonds is 3. The SMILES string of the molecule is C#CCn1c(=NC(=O)c2cc(C)on2)sc2cc(C(=O)OC)ccc21. The molecular weight excluding hydrogens is 342 g/mol. The van der Waals surface area contributed by atoms with Gasteiger partial charge in [-0.3, -0.25) is 4.79 Å². The number of esters is 1. The van der Waals surface area contributed by atoms with Crippen molar-refractivity contribution >= 4 is 33.4 Å². The maximum atomic E-state index is 12.3. The molecule has 2 aromatic heterocycles. The Morgan fingerprint density at radius 3 is 2.88 bits per heavy atom. The lowest BCUT2D eigenvalue weighted by molar-refractivity contribution is 0.0601. The van der Waals surface area contributed by atoms with Crippen LogP contribution in [0.25, 0.3) is 10.2 Å².